The Labute approximate surface area is 117 Å². The molecule has 1 amide bonds. The summed E-state index contributed by atoms with van der Waals surface area (Å²) in [6.07, 6.45) is 0. The monoisotopic (exact) mass is 272 g/mol. The van der Waals surface area contributed by atoms with Crippen LogP contribution in [0.2, 0.25) is 0 Å². The smallest absolute Gasteiger partial charge is 0.257 e. The zero-order chi connectivity index (χ0) is 14.5. The van der Waals surface area contributed by atoms with Crippen molar-refractivity contribution in [2.45, 2.75) is 13.8 Å². The molecule has 2 aromatic rings. The molecule has 0 bridgehead atoms. The van der Waals surface area contributed by atoms with Gasteiger partial charge in [-0.2, -0.15) is 0 Å². The van der Waals surface area contributed by atoms with Crippen LogP contribution in [-0.4, -0.2) is 12.5 Å². The Morgan fingerprint density at radius 3 is 2.50 bits per heavy atom. The summed E-state index contributed by atoms with van der Waals surface area (Å²) in [6, 6.07) is 11.4. The number of hydrogen-bond donors (Lipinski definition) is 2. The molecule has 0 aliphatic heterocycles. The molecule has 20 heavy (non-hydrogen) atoms. The summed E-state index contributed by atoms with van der Waals surface area (Å²) < 4.78 is 12.8. The number of carbonyl (C=O) groups is 1. The molecule has 2 aromatic carbocycles. The number of rotatable bonds is 4. The summed E-state index contributed by atoms with van der Waals surface area (Å²) in [4.78, 5) is 12.3. The van der Waals surface area contributed by atoms with Gasteiger partial charge < -0.3 is 10.6 Å². The molecule has 2 rings (SSSR count). The number of nitrogens with one attached hydrogen (secondary N) is 2. The van der Waals surface area contributed by atoms with Crippen LogP contribution in [0, 0.1) is 12.7 Å². The van der Waals surface area contributed by atoms with Gasteiger partial charge in [-0.05, 0) is 50.2 Å². The predicted octanol–water partition coefficient (Wildman–Crippen LogP) is 3.82. The Hall–Kier alpha value is -2.36. The molecule has 0 spiro atoms. The van der Waals surface area contributed by atoms with E-state index in [-0.39, 0.29) is 11.7 Å². The van der Waals surface area contributed by atoms with E-state index in [0.29, 0.717) is 11.3 Å². The fourth-order valence-electron chi connectivity index (χ4n) is 1.92. The number of benzene rings is 2. The minimum atomic E-state index is -0.327. The average molecular weight is 272 g/mol. The van der Waals surface area contributed by atoms with Crippen LogP contribution >= 0.6 is 0 Å². The van der Waals surface area contributed by atoms with Crippen LogP contribution in [0.4, 0.5) is 15.8 Å². The fourth-order valence-corrected chi connectivity index (χ4v) is 1.92. The quantitative estimate of drug-likeness (QED) is 0.888. The molecule has 0 heterocycles. The van der Waals surface area contributed by atoms with Crippen molar-refractivity contribution in [2.24, 2.45) is 0 Å². The topological polar surface area (TPSA) is 41.1 Å². The van der Waals surface area contributed by atoms with Gasteiger partial charge in [0.2, 0.25) is 0 Å². The van der Waals surface area contributed by atoms with Crippen molar-refractivity contribution in [1.82, 2.24) is 0 Å². The number of hydrogen-bond acceptors (Lipinski definition) is 2. The van der Waals surface area contributed by atoms with E-state index in [1.54, 1.807) is 0 Å². The number of anilines is 2. The third-order valence-corrected chi connectivity index (χ3v) is 2.89. The molecule has 0 atom stereocenters. The molecule has 4 heteroatoms. The third kappa shape index (κ3) is 3.35. The molecular formula is C16H17FN2O. The lowest BCUT2D eigenvalue weighted by molar-refractivity contribution is 0.102. The SMILES string of the molecule is CCNc1ccc(C)cc1C(=O)Nc1ccc(F)cc1. The lowest BCUT2D eigenvalue weighted by Gasteiger charge is -2.12. The van der Waals surface area contributed by atoms with Gasteiger partial charge in [0.05, 0.1) is 5.56 Å². The predicted molar refractivity (Wildman–Crippen MR) is 79.7 cm³/mol. The molecule has 104 valence electrons. The lowest BCUT2D eigenvalue weighted by atomic mass is 10.1. The van der Waals surface area contributed by atoms with Crippen molar-refractivity contribution in [3.8, 4) is 0 Å². The second-order valence-electron chi connectivity index (χ2n) is 4.54. The van der Waals surface area contributed by atoms with E-state index < -0.39 is 0 Å². The van der Waals surface area contributed by atoms with Gasteiger partial charge in [0.25, 0.3) is 5.91 Å². The highest BCUT2D eigenvalue weighted by Crippen LogP contribution is 2.19. The second-order valence-corrected chi connectivity index (χ2v) is 4.54. The molecule has 0 aromatic heterocycles. The normalized spacial score (nSPS) is 10.2. The Bertz CT molecular complexity index is 608. The molecule has 0 saturated carbocycles. The highest BCUT2D eigenvalue weighted by Gasteiger charge is 2.11. The van der Waals surface area contributed by atoms with E-state index in [1.807, 2.05) is 32.0 Å². The Balaban J connectivity index is 2.23. The average Bonchev–Trinajstić information content (AvgIpc) is 2.43. The molecule has 0 unspecified atom stereocenters. The maximum absolute atomic E-state index is 12.8. The van der Waals surface area contributed by atoms with E-state index in [2.05, 4.69) is 10.6 Å². The van der Waals surface area contributed by atoms with Crippen LogP contribution in [0.15, 0.2) is 42.5 Å². The minimum Gasteiger partial charge on any atom is -0.385 e. The molecule has 0 radical (unpaired) electrons. The Morgan fingerprint density at radius 1 is 1.15 bits per heavy atom. The summed E-state index contributed by atoms with van der Waals surface area (Å²) in [7, 11) is 0. The first-order chi connectivity index (χ1) is 9.60. The van der Waals surface area contributed by atoms with Gasteiger partial charge in [0.15, 0.2) is 0 Å². The van der Waals surface area contributed by atoms with E-state index in [9.17, 15) is 9.18 Å². The van der Waals surface area contributed by atoms with E-state index >= 15 is 0 Å². The number of halogens is 1. The minimum absolute atomic E-state index is 0.212. The van der Waals surface area contributed by atoms with Gasteiger partial charge in [-0.3, -0.25) is 4.79 Å². The van der Waals surface area contributed by atoms with Crippen LogP contribution in [0.1, 0.15) is 22.8 Å². The van der Waals surface area contributed by atoms with Crippen molar-refractivity contribution in [2.75, 3.05) is 17.2 Å². The standard InChI is InChI=1S/C16H17FN2O/c1-3-18-15-9-4-11(2)10-14(15)16(20)19-13-7-5-12(17)6-8-13/h4-10,18H,3H2,1-2H3,(H,19,20). The van der Waals surface area contributed by atoms with E-state index in [0.717, 1.165) is 17.8 Å². The Morgan fingerprint density at radius 2 is 1.85 bits per heavy atom. The number of aryl methyl sites for hydroxylation is 1. The van der Waals surface area contributed by atoms with E-state index in [4.69, 9.17) is 0 Å². The number of amides is 1. The first kappa shape index (κ1) is 14.1. The maximum atomic E-state index is 12.8. The summed E-state index contributed by atoms with van der Waals surface area (Å²) in [6.45, 7) is 4.64. The van der Waals surface area contributed by atoms with Crippen molar-refractivity contribution < 1.29 is 9.18 Å². The van der Waals surface area contributed by atoms with Crippen LogP contribution in [0.3, 0.4) is 0 Å². The zero-order valence-electron chi connectivity index (χ0n) is 11.5. The maximum Gasteiger partial charge on any atom is 0.257 e. The highest BCUT2D eigenvalue weighted by atomic mass is 19.1. The first-order valence-corrected chi connectivity index (χ1v) is 6.51. The molecule has 0 aliphatic carbocycles. The fraction of sp³-hybridized carbons (Fsp3) is 0.188. The third-order valence-electron chi connectivity index (χ3n) is 2.89. The van der Waals surface area contributed by atoms with E-state index in [1.165, 1.54) is 24.3 Å². The largest absolute Gasteiger partial charge is 0.385 e. The van der Waals surface area contributed by atoms with Crippen LogP contribution in [0.25, 0.3) is 0 Å². The molecule has 2 N–H and O–H groups in total. The van der Waals surface area contributed by atoms with Gasteiger partial charge in [-0.1, -0.05) is 11.6 Å². The van der Waals surface area contributed by atoms with Crippen molar-refractivity contribution in [3.63, 3.8) is 0 Å². The summed E-state index contributed by atoms with van der Waals surface area (Å²) in [5.74, 6) is -0.539. The second kappa shape index (κ2) is 6.19. The summed E-state index contributed by atoms with van der Waals surface area (Å²) >= 11 is 0. The first-order valence-electron chi connectivity index (χ1n) is 6.51. The Kier molecular flexibility index (Phi) is 4.35. The van der Waals surface area contributed by atoms with Crippen LogP contribution in [-0.2, 0) is 0 Å². The van der Waals surface area contributed by atoms with Crippen molar-refractivity contribution in [1.29, 1.82) is 0 Å². The molecular weight excluding hydrogens is 255 g/mol. The highest BCUT2D eigenvalue weighted by molar-refractivity contribution is 6.08. The van der Waals surface area contributed by atoms with Gasteiger partial charge >= 0.3 is 0 Å². The lowest BCUT2D eigenvalue weighted by Crippen LogP contribution is -2.15. The molecule has 3 nitrogen and oxygen atoms in total. The molecule has 0 fully saturated rings. The van der Waals surface area contributed by atoms with Gasteiger partial charge in [-0.25, -0.2) is 4.39 Å². The summed E-state index contributed by atoms with van der Waals surface area (Å²) in [5, 5.41) is 5.92. The van der Waals surface area contributed by atoms with Crippen molar-refractivity contribution in [3.05, 3.63) is 59.4 Å². The molecule has 0 aliphatic rings. The summed E-state index contributed by atoms with van der Waals surface area (Å²) in [5.41, 5.74) is 2.95. The van der Waals surface area contributed by atoms with Gasteiger partial charge in [0.1, 0.15) is 5.82 Å². The number of carbonyl (C=O) groups excluding carboxylic acids is 1. The van der Waals surface area contributed by atoms with Gasteiger partial charge in [0, 0.05) is 17.9 Å². The van der Waals surface area contributed by atoms with Gasteiger partial charge in [-0.15, -0.1) is 0 Å². The van der Waals surface area contributed by atoms with Crippen LogP contribution in [0.5, 0.6) is 0 Å². The van der Waals surface area contributed by atoms with Crippen molar-refractivity contribution >= 4 is 17.3 Å². The van der Waals surface area contributed by atoms with Crippen LogP contribution < -0.4 is 10.6 Å². The molecule has 0 saturated heterocycles. The zero-order valence-corrected chi connectivity index (χ0v) is 11.5.